The number of halogens is 2. The standard InChI is InChI=1S/C25H24Cl2N2O6S/c1-2-29(22-9-5-7-17-6-3-4-8-18(17)22)24(30)16-35-25(31)19-14-23(21(27)15-20(19)26)36(32,33)28-10-12-34-13-11-28/h3-9,14-15H,2,10-13,16H2,1H3. The molecule has 0 radical (unpaired) electrons. The maximum Gasteiger partial charge on any atom is 0.340 e. The van der Waals surface area contributed by atoms with Crippen LogP contribution in [0.15, 0.2) is 59.5 Å². The van der Waals surface area contributed by atoms with Crippen LogP contribution in [0.4, 0.5) is 5.69 Å². The first-order chi connectivity index (χ1) is 17.2. The fourth-order valence-electron chi connectivity index (χ4n) is 4.02. The van der Waals surface area contributed by atoms with E-state index in [9.17, 15) is 18.0 Å². The topological polar surface area (TPSA) is 93.2 Å². The second-order valence-corrected chi connectivity index (χ2v) is 10.7. The van der Waals surface area contributed by atoms with Crippen LogP contribution in [0.2, 0.25) is 10.0 Å². The molecular formula is C25H24Cl2N2O6S. The van der Waals surface area contributed by atoms with Gasteiger partial charge in [0.05, 0.1) is 34.5 Å². The summed E-state index contributed by atoms with van der Waals surface area (Å²) in [5.41, 5.74) is 0.494. The predicted molar refractivity (Wildman–Crippen MR) is 138 cm³/mol. The van der Waals surface area contributed by atoms with Crippen molar-refractivity contribution >= 4 is 61.6 Å². The van der Waals surface area contributed by atoms with Crippen molar-refractivity contribution in [3.63, 3.8) is 0 Å². The number of sulfonamides is 1. The van der Waals surface area contributed by atoms with E-state index in [1.54, 1.807) is 0 Å². The van der Waals surface area contributed by atoms with Crippen molar-refractivity contribution in [2.24, 2.45) is 0 Å². The van der Waals surface area contributed by atoms with Crippen LogP contribution in [0.3, 0.4) is 0 Å². The lowest BCUT2D eigenvalue weighted by molar-refractivity contribution is -0.121. The molecule has 0 spiro atoms. The van der Waals surface area contributed by atoms with E-state index in [2.05, 4.69) is 0 Å². The van der Waals surface area contributed by atoms with Crippen LogP contribution in [0.5, 0.6) is 0 Å². The maximum absolute atomic E-state index is 13.1. The van der Waals surface area contributed by atoms with Crippen LogP contribution < -0.4 is 4.90 Å². The highest BCUT2D eigenvalue weighted by molar-refractivity contribution is 7.89. The highest BCUT2D eigenvalue weighted by atomic mass is 35.5. The second-order valence-electron chi connectivity index (χ2n) is 7.99. The predicted octanol–water partition coefficient (Wildman–Crippen LogP) is 4.38. The van der Waals surface area contributed by atoms with Crippen molar-refractivity contribution in [2.75, 3.05) is 44.4 Å². The highest BCUT2D eigenvalue weighted by Crippen LogP contribution is 2.32. The molecule has 8 nitrogen and oxygen atoms in total. The molecule has 36 heavy (non-hydrogen) atoms. The lowest BCUT2D eigenvalue weighted by Gasteiger charge is -2.26. The van der Waals surface area contributed by atoms with Crippen molar-refractivity contribution in [1.82, 2.24) is 4.31 Å². The van der Waals surface area contributed by atoms with Gasteiger partial charge in [-0.3, -0.25) is 4.79 Å². The zero-order valence-electron chi connectivity index (χ0n) is 19.4. The Morgan fingerprint density at radius 3 is 2.44 bits per heavy atom. The summed E-state index contributed by atoms with van der Waals surface area (Å²) in [6, 6.07) is 15.5. The Labute approximate surface area is 219 Å². The number of hydrogen-bond donors (Lipinski definition) is 0. The lowest BCUT2D eigenvalue weighted by atomic mass is 10.1. The van der Waals surface area contributed by atoms with Gasteiger partial charge in [-0.05, 0) is 30.5 Å². The number of carbonyl (C=O) groups is 2. The van der Waals surface area contributed by atoms with Crippen molar-refractivity contribution < 1.29 is 27.5 Å². The number of nitrogens with zero attached hydrogens (tertiary/aromatic N) is 2. The Bertz CT molecular complexity index is 1400. The van der Waals surface area contributed by atoms with E-state index in [0.717, 1.165) is 16.8 Å². The van der Waals surface area contributed by atoms with Crippen LogP contribution in [-0.4, -0.2) is 64.1 Å². The minimum absolute atomic E-state index is 0.0835. The molecule has 3 aromatic carbocycles. The number of morpholine rings is 1. The van der Waals surface area contributed by atoms with Crippen molar-refractivity contribution in [2.45, 2.75) is 11.8 Å². The molecule has 0 bridgehead atoms. The van der Waals surface area contributed by atoms with Gasteiger partial charge in [0.2, 0.25) is 10.0 Å². The molecule has 11 heteroatoms. The third-order valence-electron chi connectivity index (χ3n) is 5.83. The van der Waals surface area contributed by atoms with Gasteiger partial charge in [-0.15, -0.1) is 0 Å². The Hall–Kier alpha value is -2.69. The molecule has 0 N–H and O–H groups in total. The van der Waals surface area contributed by atoms with Gasteiger partial charge in [-0.1, -0.05) is 59.6 Å². The highest BCUT2D eigenvalue weighted by Gasteiger charge is 2.30. The van der Waals surface area contributed by atoms with Crippen molar-refractivity contribution in [3.05, 3.63) is 70.2 Å². The van der Waals surface area contributed by atoms with Gasteiger partial charge >= 0.3 is 5.97 Å². The number of rotatable bonds is 7. The number of hydrogen-bond acceptors (Lipinski definition) is 6. The first-order valence-corrected chi connectivity index (χ1v) is 13.5. The minimum atomic E-state index is -3.99. The molecule has 1 fully saturated rings. The number of anilines is 1. The number of carbonyl (C=O) groups excluding carboxylic acids is 2. The van der Waals surface area contributed by atoms with Gasteiger partial charge in [0.15, 0.2) is 6.61 Å². The summed E-state index contributed by atoms with van der Waals surface area (Å²) < 4.78 is 37.9. The van der Waals surface area contributed by atoms with Crippen LogP contribution in [0.1, 0.15) is 17.3 Å². The molecule has 0 saturated carbocycles. The smallest absolute Gasteiger partial charge is 0.340 e. The fourth-order valence-corrected chi connectivity index (χ4v) is 6.25. The Morgan fingerprint density at radius 1 is 1.03 bits per heavy atom. The van der Waals surface area contributed by atoms with Gasteiger partial charge in [0, 0.05) is 25.0 Å². The van der Waals surface area contributed by atoms with Gasteiger partial charge < -0.3 is 14.4 Å². The molecule has 1 aliphatic rings. The van der Waals surface area contributed by atoms with Crippen LogP contribution in [-0.2, 0) is 24.3 Å². The third-order valence-corrected chi connectivity index (χ3v) is 8.51. The first-order valence-electron chi connectivity index (χ1n) is 11.3. The van der Waals surface area contributed by atoms with E-state index in [4.69, 9.17) is 32.7 Å². The number of fused-ring (bicyclic) bond motifs is 1. The number of esters is 1. The van der Waals surface area contributed by atoms with Crippen LogP contribution >= 0.6 is 23.2 Å². The molecule has 1 saturated heterocycles. The van der Waals surface area contributed by atoms with E-state index >= 15 is 0 Å². The number of ether oxygens (including phenoxy) is 2. The minimum Gasteiger partial charge on any atom is -0.452 e. The van der Waals surface area contributed by atoms with E-state index < -0.39 is 28.5 Å². The molecule has 3 aromatic rings. The Kier molecular flexibility index (Phi) is 8.17. The second kappa shape index (κ2) is 11.1. The van der Waals surface area contributed by atoms with E-state index in [1.165, 1.54) is 15.3 Å². The van der Waals surface area contributed by atoms with Gasteiger partial charge in [0.1, 0.15) is 4.90 Å². The SMILES string of the molecule is CCN(C(=O)COC(=O)c1cc(S(=O)(=O)N2CCOCC2)c(Cl)cc1Cl)c1cccc2ccccc12. The van der Waals surface area contributed by atoms with E-state index in [-0.39, 0.29) is 46.8 Å². The molecule has 0 aromatic heterocycles. The number of amides is 1. The summed E-state index contributed by atoms with van der Waals surface area (Å²) >= 11 is 12.4. The summed E-state index contributed by atoms with van der Waals surface area (Å²) in [5.74, 6) is -1.37. The van der Waals surface area contributed by atoms with Crippen LogP contribution in [0.25, 0.3) is 10.8 Å². The molecular weight excluding hydrogens is 527 g/mol. The normalized spacial score (nSPS) is 14.5. The zero-order valence-corrected chi connectivity index (χ0v) is 21.8. The molecule has 1 heterocycles. The summed E-state index contributed by atoms with van der Waals surface area (Å²) in [6.07, 6.45) is 0. The third kappa shape index (κ3) is 5.35. The van der Waals surface area contributed by atoms with Crippen molar-refractivity contribution in [3.8, 4) is 0 Å². The summed E-state index contributed by atoms with van der Waals surface area (Å²) in [7, 11) is -3.99. The van der Waals surface area contributed by atoms with E-state index in [0.29, 0.717) is 12.2 Å². The summed E-state index contributed by atoms with van der Waals surface area (Å²) in [6.45, 7) is 2.46. The van der Waals surface area contributed by atoms with E-state index in [1.807, 2.05) is 49.4 Å². The first kappa shape index (κ1) is 26.4. The van der Waals surface area contributed by atoms with Gasteiger partial charge in [-0.2, -0.15) is 4.31 Å². The molecule has 0 atom stereocenters. The summed E-state index contributed by atoms with van der Waals surface area (Å²) in [4.78, 5) is 27.1. The Balaban J connectivity index is 1.54. The Morgan fingerprint density at radius 2 is 1.72 bits per heavy atom. The largest absolute Gasteiger partial charge is 0.452 e. The van der Waals surface area contributed by atoms with Gasteiger partial charge in [-0.25, -0.2) is 13.2 Å². The quantitative estimate of drug-likeness (QED) is 0.405. The molecule has 0 aliphatic carbocycles. The summed E-state index contributed by atoms with van der Waals surface area (Å²) in [5, 5.41) is 1.66. The van der Waals surface area contributed by atoms with Crippen molar-refractivity contribution in [1.29, 1.82) is 0 Å². The molecule has 0 unspecified atom stereocenters. The average molecular weight is 551 g/mol. The fraction of sp³-hybridized carbons (Fsp3) is 0.280. The number of likely N-dealkylation sites (N-methyl/N-ethyl adjacent to an activating group) is 1. The lowest BCUT2D eigenvalue weighted by Crippen LogP contribution is -2.40. The average Bonchev–Trinajstić information content (AvgIpc) is 2.88. The molecule has 190 valence electrons. The monoisotopic (exact) mass is 550 g/mol. The molecule has 1 amide bonds. The molecule has 1 aliphatic heterocycles. The van der Waals surface area contributed by atoms with Crippen LogP contribution in [0, 0.1) is 0 Å². The zero-order chi connectivity index (χ0) is 25.9. The number of benzene rings is 3. The maximum atomic E-state index is 13.1. The van der Waals surface area contributed by atoms with Gasteiger partial charge in [0.25, 0.3) is 5.91 Å². The molecule has 4 rings (SSSR count).